The van der Waals surface area contributed by atoms with Crippen molar-refractivity contribution in [2.45, 2.75) is 19.6 Å². The predicted octanol–water partition coefficient (Wildman–Crippen LogP) is 1.86. The number of amides is 2. The second-order valence-electron chi connectivity index (χ2n) is 6.30. The lowest BCUT2D eigenvalue weighted by molar-refractivity contribution is 0.0441. The largest absolute Gasteiger partial charge is 0.487 e. The zero-order valence-corrected chi connectivity index (χ0v) is 14.1. The summed E-state index contributed by atoms with van der Waals surface area (Å²) in [5.74, 6) is 1.02. The van der Waals surface area contributed by atoms with Crippen molar-refractivity contribution in [1.82, 2.24) is 20.0 Å². The lowest BCUT2D eigenvalue weighted by atomic mass is 10.1. The fraction of sp³-hybridized carbons (Fsp3) is 0.389. The molecule has 1 atom stereocenters. The molecule has 0 saturated carbocycles. The molecule has 0 bridgehead atoms. The molecule has 2 aromatic rings. The number of hydrogen-bond donors (Lipinski definition) is 1. The summed E-state index contributed by atoms with van der Waals surface area (Å²) in [5, 5.41) is 15.9. The minimum absolute atomic E-state index is 0.000170. The summed E-state index contributed by atoms with van der Waals surface area (Å²) in [7, 11) is 0. The maximum atomic E-state index is 12.1. The van der Waals surface area contributed by atoms with Gasteiger partial charge in [0.25, 0.3) is 0 Å². The van der Waals surface area contributed by atoms with Gasteiger partial charge in [-0.1, -0.05) is 6.92 Å². The molecule has 2 heterocycles. The summed E-state index contributed by atoms with van der Waals surface area (Å²) in [6.45, 7) is 4.60. The van der Waals surface area contributed by atoms with Crippen molar-refractivity contribution in [3.8, 4) is 11.8 Å². The lowest BCUT2D eigenvalue weighted by Gasteiger charge is -2.39. The smallest absolute Gasteiger partial charge is 0.317 e. The monoisotopic (exact) mass is 339 g/mol. The number of carbonyl (C=O) groups is 1. The molecule has 1 aromatic carbocycles. The molecule has 7 heteroatoms. The van der Waals surface area contributed by atoms with Crippen molar-refractivity contribution in [2.75, 3.05) is 19.6 Å². The van der Waals surface area contributed by atoms with Gasteiger partial charge in [-0.2, -0.15) is 10.4 Å². The highest BCUT2D eigenvalue weighted by molar-refractivity contribution is 5.75. The molecule has 2 amide bonds. The number of carbonyl (C=O) groups excluding carboxylic acids is 1. The number of nitrogens with one attached hydrogen (secondary N) is 1. The number of aromatic nitrogens is 2. The summed E-state index contributed by atoms with van der Waals surface area (Å²) in [6.07, 6.45) is 3.67. The van der Waals surface area contributed by atoms with Gasteiger partial charge in [0, 0.05) is 25.5 Å². The van der Waals surface area contributed by atoms with Crippen molar-refractivity contribution in [2.24, 2.45) is 5.92 Å². The van der Waals surface area contributed by atoms with E-state index in [-0.39, 0.29) is 12.1 Å². The second kappa shape index (κ2) is 7.71. The third-order valence-corrected chi connectivity index (χ3v) is 4.08. The van der Waals surface area contributed by atoms with Gasteiger partial charge in [0.2, 0.25) is 0 Å². The van der Waals surface area contributed by atoms with Crippen LogP contribution in [0.4, 0.5) is 4.79 Å². The molecule has 1 aliphatic heterocycles. The molecule has 25 heavy (non-hydrogen) atoms. The van der Waals surface area contributed by atoms with E-state index in [0.29, 0.717) is 31.1 Å². The Labute approximate surface area is 146 Å². The van der Waals surface area contributed by atoms with Crippen LogP contribution in [-0.4, -0.2) is 46.4 Å². The molecule has 1 fully saturated rings. The summed E-state index contributed by atoms with van der Waals surface area (Å²) < 4.78 is 7.65. The third-order valence-electron chi connectivity index (χ3n) is 4.08. The van der Waals surface area contributed by atoms with Gasteiger partial charge in [-0.05, 0) is 36.2 Å². The van der Waals surface area contributed by atoms with Gasteiger partial charge in [0.05, 0.1) is 24.7 Å². The van der Waals surface area contributed by atoms with Gasteiger partial charge in [0.15, 0.2) is 0 Å². The Bertz CT molecular complexity index is 730. The SMILES string of the molecule is CC(CNC(=O)N1CC(Oc2ccc(C#N)cc2)C1)Cn1cccn1. The molecule has 130 valence electrons. The molecular formula is C18H21N5O2. The zero-order chi connectivity index (χ0) is 17.6. The molecule has 1 aromatic heterocycles. The van der Waals surface area contributed by atoms with Crippen LogP contribution in [-0.2, 0) is 6.54 Å². The number of rotatable bonds is 6. The topological polar surface area (TPSA) is 83.2 Å². The summed E-state index contributed by atoms with van der Waals surface area (Å²) in [4.78, 5) is 13.8. The van der Waals surface area contributed by atoms with Crippen molar-refractivity contribution >= 4 is 6.03 Å². The quantitative estimate of drug-likeness (QED) is 0.871. The Morgan fingerprint density at radius 3 is 2.84 bits per heavy atom. The summed E-state index contributed by atoms with van der Waals surface area (Å²) in [6, 6.07) is 10.9. The van der Waals surface area contributed by atoms with E-state index < -0.39 is 0 Å². The van der Waals surface area contributed by atoms with Crippen molar-refractivity contribution < 1.29 is 9.53 Å². The van der Waals surface area contributed by atoms with Crippen LogP contribution < -0.4 is 10.1 Å². The van der Waals surface area contributed by atoms with Gasteiger partial charge in [-0.15, -0.1) is 0 Å². The predicted molar refractivity (Wildman–Crippen MR) is 91.9 cm³/mol. The molecule has 3 rings (SSSR count). The zero-order valence-electron chi connectivity index (χ0n) is 14.1. The molecule has 1 saturated heterocycles. The van der Waals surface area contributed by atoms with E-state index in [0.717, 1.165) is 12.3 Å². The second-order valence-corrected chi connectivity index (χ2v) is 6.30. The lowest BCUT2D eigenvalue weighted by Crippen LogP contribution is -2.59. The van der Waals surface area contributed by atoms with E-state index in [1.807, 2.05) is 16.9 Å². The molecule has 0 aliphatic carbocycles. The summed E-state index contributed by atoms with van der Waals surface area (Å²) >= 11 is 0. The summed E-state index contributed by atoms with van der Waals surface area (Å²) in [5.41, 5.74) is 0.603. The first-order valence-electron chi connectivity index (χ1n) is 8.31. The van der Waals surface area contributed by atoms with Gasteiger partial charge < -0.3 is 15.0 Å². The van der Waals surface area contributed by atoms with Crippen LogP contribution in [0.5, 0.6) is 5.75 Å². The Balaban J connectivity index is 1.35. The molecule has 0 radical (unpaired) electrons. The Kier molecular flexibility index (Phi) is 5.19. The van der Waals surface area contributed by atoms with Gasteiger partial charge in [-0.3, -0.25) is 4.68 Å². The molecule has 1 N–H and O–H groups in total. The van der Waals surface area contributed by atoms with E-state index in [2.05, 4.69) is 23.4 Å². The van der Waals surface area contributed by atoms with Crippen LogP contribution in [0.3, 0.4) is 0 Å². The van der Waals surface area contributed by atoms with E-state index in [9.17, 15) is 4.79 Å². The normalized spacial score (nSPS) is 15.1. The van der Waals surface area contributed by atoms with Crippen LogP contribution in [0.25, 0.3) is 0 Å². The Hall–Kier alpha value is -3.01. The van der Waals surface area contributed by atoms with Crippen LogP contribution in [0.2, 0.25) is 0 Å². The standard InChI is InChI=1S/C18H21N5O2/c1-14(11-23-8-2-7-21-23)10-20-18(24)22-12-17(13-22)25-16-5-3-15(9-19)4-6-16/h2-8,14,17H,10-13H2,1H3,(H,20,24). The average Bonchev–Trinajstić information content (AvgIpc) is 3.09. The van der Waals surface area contributed by atoms with Crippen molar-refractivity contribution in [3.05, 3.63) is 48.3 Å². The van der Waals surface area contributed by atoms with E-state index in [1.165, 1.54) is 0 Å². The molecule has 7 nitrogen and oxygen atoms in total. The van der Waals surface area contributed by atoms with Crippen LogP contribution >= 0.6 is 0 Å². The number of ether oxygens (including phenoxy) is 1. The van der Waals surface area contributed by atoms with E-state index in [4.69, 9.17) is 10.00 Å². The first-order chi connectivity index (χ1) is 12.1. The highest BCUT2D eigenvalue weighted by Crippen LogP contribution is 2.18. The van der Waals surface area contributed by atoms with Gasteiger partial charge in [-0.25, -0.2) is 4.79 Å². The van der Waals surface area contributed by atoms with Gasteiger partial charge in [0.1, 0.15) is 11.9 Å². The average molecular weight is 339 g/mol. The van der Waals surface area contributed by atoms with Crippen molar-refractivity contribution in [3.63, 3.8) is 0 Å². The molecule has 1 unspecified atom stereocenters. The number of hydrogen-bond acceptors (Lipinski definition) is 4. The van der Waals surface area contributed by atoms with E-state index >= 15 is 0 Å². The Morgan fingerprint density at radius 2 is 2.20 bits per heavy atom. The maximum absolute atomic E-state index is 12.1. The molecule has 0 spiro atoms. The van der Waals surface area contributed by atoms with E-state index in [1.54, 1.807) is 35.4 Å². The number of likely N-dealkylation sites (tertiary alicyclic amines) is 1. The number of nitriles is 1. The highest BCUT2D eigenvalue weighted by atomic mass is 16.5. The minimum Gasteiger partial charge on any atom is -0.487 e. The third kappa shape index (κ3) is 4.51. The fourth-order valence-corrected chi connectivity index (χ4v) is 2.64. The molecule has 1 aliphatic rings. The first-order valence-corrected chi connectivity index (χ1v) is 8.31. The number of urea groups is 1. The first kappa shape index (κ1) is 16.8. The molecular weight excluding hydrogens is 318 g/mol. The number of benzene rings is 1. The van der Waals surface area contributed by atoms with Crippen LogP contribution in [0.15, 0.2) is 42.7 Å². The van der Waals surface area contributed by atoms with Crippen LogP contribution in [0.1, 0.15) is 12.5 Å². The fourth-order valence-electron chi connectivity index (χ4n) is 2.64. The number of nitrogens with zero attached hydrogens (tertiary/aromatic N) is 4. The minimum atomic E-state index is -0.0630. The maximum Gasteiger partial charge on any atom is 0.317 e. The Morgan fingerprint density at radius 1 is 1.44 bits per heavy atom. The van der Waals surface area contributed by atoms with Gasteiger partial charge >= 0.3 is 6.03 Å². The highest BCUT2D eigenvalue weighted by Gasteiger charge is 2.32. The van der Waals surface area contributed by atoms with Crippen molar-refractivity contribution in [1.29, 1.82) is 5.26 Å². The van der Waals surface area contributed by atoms with Crippen LogP contribution in [0, 0.1) is 17.2 Å².